The molecule has 0 aliphatic carbocycles. The minimum Gasteiger partial charge on any atom is -0.379 e. The zero-order chi connectivity index (χ0) is 39.4. The fourth-order valence-corrected chi connectivity index (χ4v) is 7.12. The lowest BCUT2D eigenvalue weighted by Gasteiger charge is -2.50. The van der Waals surface area contributed by atoms with Crippen LogP contribution < -0.4 is 0 Å². The Bertz CT molecular complexity index is 949. The van der Waals surface area contributed by atoms with Gasteiger partial charge in [0, 0.05) is 46.2 Å². The van der Waals surface area contributed by atoms with Gasteiger partial charge in [0.05, 0.1) is 19.0 Å². The van der Waals surface area contributed by atoms with Crippen molar-refractivity contribution < 1.29 is 55.8 Å². The number of ether oxygens (including phenoxy) is 10. The first kappa shape index (κ1) is 49.7. The van der Waals surface area contributed by atoms with Crippen LogP contribution >= 0.6 is 0 Å². The van der Waals surface area contributed by atoms with Gasteiger partial charge < -0.3 is 47.4 Å². The highest BCUT2D eigenvalue weighted by molar-refractivity contribution is 7.72. The third-order valence-electron chi connectivity index (χ3n) is 9.83. The van der Waals surface area contributed by atoms with Crippen molar-refractivity contribution in [2.75, 3.05) is 65.2 Å². The molecule has 0 spiro atoms. The summed E-state index contributed by atoms with van der Waals surface area (Å²) in [7, 11) is -2.76. The first-order valence-corrected chi connectivity index (χ1v) is 23.1. The Morgan fingerprint density at radius 2 is 0.759 bits per heavy atom. The molecule has 10 unspecified atom stereocenters. The minimum atomic E-state index is -2.76. The van der Waals surface area contributed by atoms with Gasteiger partial charge in [-0.1, -0.05) is 93.4 Å². The molecule has 2 heterocycles. The standard InChI is InChI=1S/C41H80O12S/c1-8-15-22-44-29-32-35(46-24-17-10-3)39(49-27-20-13-6)40(50-28-21-14-7)41(52-32)53-37-33(30-45-23-16-9-2)51-34(31-54(42)43)36(47-25-18-11-4)38(37)48-26-19-12-5/h32-41,54H,8-31H2,1-7H3. The zero-order valence-corrected chi connectivity index (χ0v) is 36.0. The molecule has 13 heteroatoms. The molecule has 2 rings (SSSR count). The van der Waals surface area contributed by atoms with Crippen LogP contribution in [0.15, 0.2) is 0 Å². The summed E-state index contributed by atoms with van der Waals surface area (Å²) < 4.78 is 90.7. The summed E-state index contributed by atoms with van der Waals surface area (Å²) in [6.45, 7) is 19.1. The Kier molecular flexibility index (Phi) is 29.0. The third kappa shape index (κ3) is 18.4. The van der Waals surface area contributed by atoms with E-state index in [4.69, 9.17) is 47.4 Å². The molecular formula is C41H80O12S. The quantitative estimate of drug-likeness (QED) is 0.0531. The van der Waals surface area contributed by atoms with Gasteiger partial charge in [0.15, 0.2) is 6.29 Å². The SMILES string of the molecule is CCCCOCC1OC(C[SH](=O)=O)C(OCCCC)C(OCCCC)C1OC1OC(COCCCC)C(OCCCC)C(OCCCC)C1OCCCC. The van der Waals surface area contributed by atoms with Gasteiger partial charge in [-0.05, 0) is 44.9 Å². The largest absolute Gasteiger partial charge is 0.379 e. The van der Waals surface area contributed by atoms with Gasteiger partial charge in [-0.25, -0.2) is 8.42 Å². The van der Waals surface area contributed by atoms with Gasteiger partial charge in [0.25, 0.3) is 0 Å². The van der Waals surface area contributed by atoms with E-state index >= 15 is 0 Å². The fraction of sp³-hybridized carbons (Fsp3) is 1.00. The van der Waals surface area contributed by atoms with Crippen molar-refractivity contribution in [1.29, 1.82) is 0 Å². The van der Waals surface area contributed by atoms with Crippen LogP contribution in [0, 0.1) is 0 Å². The average molecular weight is 797 g/mol. The Balaban J connectivity index is 2.66. The number of hydrogen-bond donors (Lipinski definition) is 1. The number of hydrogen-bond acceptors (Lipinski definition) is 12. The Morgan fingerprint density at radius 3 is 1.19 bits per heavy atom. The molecule has 0 saturated carbocycles. The van der Waals surface area contributed by atoms with Crippen molar-refractivity contribution in [3.8, 4) is 0 Å². The highest BCUT2D eigenvalue weighted by Crippen LogP contribution is 2.35. The van der Waals surface area contributed by atoms with Crippen molar-refractivity contribution in [2.24, 2.45) is 0 Å². The summed E-state index contributed by atoms with van der Waals surface area (Å²) in [6.07, 6.45) is 6.57. The molecule has 322 valence electrons. The van der Waals surface area contributed by atoms with E-state index in [0.717, 1.165) is 89.9 Å². The molecule has 54 heavy (non-hydrogen) atoms. The van der Waals surface area contributed by atoms with Crippen LogP contribution in [0.4, 0.5) is 0 Å². The lowest BCUT2D eigenvalue weighted by Crippen LogP contribution is -2.67. The summed E-state index contributed by atoms with van der Waals surface area (Å²) in [5, 5.41) is 0. The average Bonchev–Trinajstić information content (AvgIpc) is 3.15. The van der Waals surface area contributed by atoms with Crippen molar-refractivity contribution in [3.05, 3.63) is 0 Å². The summed E-state index contributed by atoms with van der Waals surface area (Å²) in [5.41, 5.74) is 0. The molecule has 0 aromatic carbocycles. The molecule has 0 radical (unpaired) electrons. The smallest absolute Gasteiger partial charge is 0.187 e. The van der Waals surface area contributed by atoms with Crippen LogP contribution in [0.2, 0.25) is 0 Å². The Morgan fingerprint density at radius 1 is 0.407 bits per heavy atom. The lowest BCUT2D eigenvalue weighted by atomic mass is 9.93. The minimum absolute atomic E-state index is 0.193. The molecule has 10 atom stereocenters. The second-order valence-electron chi connectivity index (χ2n) is 14.7. The number of thiol groups is 1. The predicted molar refractivity (Wildman–Crippen MR) is 212 cm³/mol. The maximum atomic E-state index is 12.2. The van der Waals surface area contributed by atoms with E-state index in [2.05, 4.69) is 48.5 Å². The monoisotopic (exact) mass is 797 g/mol. The van der Waals surface area contributed by atoms with Crippen LogP contribution in [0.3, 0.4) is 0 Å². The van der Waals surface area contributed by atoms with E-state index in [1.54, 1.807) is 0 Å². The third-order valence-corrected chi connectivity index (χ3v) is 10.5. The molecule has 2 aliphatic rings. The second kappa shape index (κ2) is 31.5. The molecule has 2 fully saturated rings. The molecule has 0 aromatic heterocycles. The Hall–Kier alpha value is -0.450. The highest BCUT2D eigenvalue weighted by Gasteiger charge is 2.54. The van der Waals surface area contributed by atoms with Crippen LogP contribution in [0.1, 0.15) is 138 Å². The van der Waals surface area contributed by atoms with Crippen LogP contribution in [-0.4, -0.2) is 135 Å². The van der Waals surface area contributed by atoms with Crippen LogP contribution in [0.25, 0.3) is 0 Å². The zero-order valence-electron chi connectivity index (χ0n) is 35.1. The van der Waals surface area contributed by atoms with Gasteiger partial charge in [-0.15, -0.1) is 0 Å². The molecule has 2 saturated heterocycles. The number of unbranched alkanes of at least 4 members (excludes halogenated alkanes) is 7. The van der Waals surface area contributed by atoms with Gasteiger partial charge in [0.2, 0.25) is 0 Å². The second-order valence-corrected chi connectivity index (χ2v) is 15.7. The van der Waals surface area contributed by atoms with E-state index in [0.29, 0.717) is 52.9 Å². The van der Waals surface area contributed by atoms with E-state index in [1.165, 1.54) is 0 Å². The van der Waals surface area contributed by atoms with Gasteiger partial charge >= 0.3 is 0 Å². The van der Waals surface area contributed by atoms with Gasteiger partial charge in [-0.3, -0.25) is 0 Å². The molecule has 0 aromatic rings. The van der Waals surface area contributed by atoms with Crippen LogP contribution in [-0.2, 0) is 58.1 Å². The molecule has 0 bridgehead atoms. The van der Waals surface area contributed by atoms with E-state index < -0.39 is 71.9 Å². The molecule has 2 aliphatic heterocycles. The van der Waals surface area contributed by atoms with Crippen molar-refractivity contribution >= 4 is 10.7 Å². The lowest BCUT2D eigenvalue weighted by molar-refractivity contribution is -0.358. The molecule has 0 N–H and O–H groups in total. The first-order chi connectivity index (χ1) is 26.4. The van der Waals surface area contributed by atoms with Crippen LogP contribution in [0.5, 0.6) is 0 Å². The predicted octanol–water partition coefficient (Wildman–Crippen LogP) is 7.04. The van der Waals surface area contributed by atoms with Crippen molar-refractivity contribution in [1.82, 2.24) is 0 Å². The summed E-state index contributed by atoms with van der Waals surface area (Å²) in [6, 6.07) is 0. The number of rotatable bonds is 34. The first-order valence-electron chi connectivity index (χ1n) is 21.7. The topological polar surface area (TPSA) is 126 Å². The van der Waals surface area contributed by atoms with Gasteiger partial charge in [-0.2, -0.15) is 0 Å². The maximum Gasteiger partial charge on any atom is 0.187 e. The molecule has 0 amide bonds. The summed E-state index contributed by atoms with van der Waals surface area (Å²) >= 11 is 0. The maximum absolute atomic E-state index is 12.2. The molecular weight excluding hydrogens is 717 g/mol. The van der Waals surface area contributed by atoms with Crippen molar-refractivity contribution in [2.45, 2.75) is 200 Å². The highest BCUT2D eigenvalue weighted by atomic mass is 32.2. The van der Waals surface area contributed by atoms with Gasteiger partial charge in [0.1, 0.15) is 65.6 Å². The van der Waals surface area contributed by atoms with E-state index in [1.807, 2.05) is 0 Å². The summed E-state index contributed by atoms with van der Waals surface area (Å²) in [5.74, 6) is -0.193. The summed E-state index contributed by atoms with van der Waals surface area (Å²) in [4.78, 5) is 0. The normalized spacial score (nSPS) is 29.0. The van der Waals surface area contributed by atoms with Crippen molar-refractivity contribution in [3.63, 3.8) is 0 Å². The fourth-order valence-electron chi connectivity index (χ4n) is 6.53. The Labute approximate surface area is 330 Å². The van der Waals surface area contributed by atoms with E-state index in [9.17, 15) is 8.42 Å². The molecule has 12 nitrogen and oxygen atoms in total. The van der Waals surface area contributed by atoms with E-state index in [-0.39, 0.29) is 12.4 Å².